The van der Waals surface area contributed by atoms with Crippen molar-refractivity contribution in [1.29, 1.82) is 0 Å². The van der Waals surface area contributed by atoms with E-state index in [1.807, 2.05) is 6.92 Å². The minimum absolute atomic E-state index is 0.0155. The number of hydrogen-bond donors (Lipinski definition) is 1. The molecule has 2 atom stereocenters. The van der Waals surface area contributed by atoms with Gasteiger partial charge in [0.05, 0.1) is 0 Å². The Kier molecular flexibility index (Phi) is 6.91. The van der Waals surface area contributed by atoms with E-state index in [1.54, 1.807) is 15.7 Å². The average molecular weight is 305 g/mol. The summed E-state index contributed by atoms with van der Waals surface area (Å²) < 4.78 is 28.9. The summed E-state index contributed by atoms with van der Waals surface area (Å²) in [4.78, 5) is 0. The highest BCUT2D eigenvalue weighted by atomic mass is 32.2. The van der Waals surface area contributed by atoms with E-state index in [1.165, 1.54) is 0 Å². The molecule has 0 saturated carbocycles. The first-order valence-electron chi connectivity index (χ1n) is 7.77. The third-order valence-electron chi connectivity index (χ3n) is 4.40. The van der Waals surface area contributed by atoms with Crippen LogP contribution >= 0.6 is 0 Å². The first kappa shape index (κ1) is 17.9. The lowest BCUT2D eigenvalue weighted by atomic mass is 10.1. The largest absolute Gasteiger partial charge is 0.315 e. The van der Waals surface area contributed by atoms with E-state index in [4.69, 9.17) is 0 Å². The van der Waals surface area contributed by atoms with Gasteiger partial charge in [-0.25, -0.2) is 0 Å². The molecule has 0 spiro atoms. The Morgan fingerprint density at radius 3 is 2.50 bits per heavy atom. The van der Waals surface area contributed by atoms with E-state index in [0.717, 1.165) is 32.4 Å². The van der Waals surface area contributed by atoms with Gasteiger partial charge < -0.3 is 5.32 Å². The topological polar surface area (TPSA) is 52.7 Å². The van der Waals surface area contributed by atoms with Gasteiger partial charge in [-0.05, 0) is 32.2 Å². The molecule has 1 heterocycles. The molecule has 0 amide bonds. The van der Waals surface area contributed by atoms with Crippen molar-refractivity contribution in [3.8, 4) is 0 Å². The fourth-order valence-electron chi connectivity index (χ4n) is 2.59. The van der Waals surface area contributed by atoms with E-state index in [2.05, 4.69) is 26.1 Å². The lowest BCUT2D eigenvalue weighted by Gasteiger charge is -2.39. The molecule has 5 nitrogen and oxygen atoms in total. The van der Waals surface area contributed by atoms with Crippen LogP contribution in [-0.4, -0.2) is 55.8 Å². The van der Waals surface area contributed by atoms with E-state index in [0.29, 0.717) is 12.5 Å². The van der Waals surface area contributed by atoms with Crippen molar-refractivity contribution in [2.24, 2.45) is 5.92 Å². The van der Waals surface area contributed by atoms with Crippen molar-refractivity contribution in [2.75, 3.05) is 26.7 Å². The monoisotopic (exact) mass is 305 g/mol. The van der Waals surface area contributed by atoms with Crippen LogP contribution in [0.5, 0.6) is 0 Å². The maximum Gasteiger partial charge on any atom is 0.282 e. The summed E-state index contributed by atoms with van der Waals surface area (Å²) in [5.74, 6) is 0.312. The zero-order chi connectivity index (χ0) is 15.3. The highest BCUT2D eigenvalue weighted by molar-refractivity contribution is 7.86. The van der Waals surface area contributed by atoms with Crippen molar-refractivity contribution < 1.29 is 8.42 Å². The molecule has 0 radical (unpaired) electrons. The lowest BCUT2D eigenvalue weighted by molar-refractivity contribution is 0.215. The molecule has 0 aromatic rings. The van der Waals surface area contributed by atoms with E-state index < -0.39 is 10.2 Å². The molecule has 2 unspecified atom stereocenters. The molecule has 0 aromatic carbocycles. The SMILES string of the molecule is CCNCC1CCCCN1S(=O)(=O)N(C)C(C)C(C)C. The maximum atomic E-state index is 12.8. The Hall–Kier alpha value is -0.170. The molecule has 120 valence electrons. The van der Waals surface area contributed by atoms with Crippen molar-refractivity contribution in [2.45, 2.75) is 59.0 Å². The second kappa shape index (κ2) is 7.73. The minimum atomic E-state index is -3.36. The molecule has 1 rings (SSSR count). The normalized spacial score (nSPS) is 23.4. The van der Waals surface area contributed by atoms with Crippen LogP contribution in [0.2, 0.25) is 0 Å². The smallest absolute Gasteiger partial charge is 0.282 e. The molecule has 1 aliphatic rings. The van der Waals surface area contributed by atoms with E-state index in [-0.39, 0.29) is 12.1 Å². The molecule has 6 heteroatoms. The van der Waals surface area contributed by atoms with Gasteiger partial charge in [0.2, 0.25) is 0 Å². The summed E-state index contributed by atoms with van der Waals surface area (Å²) >= 11 is 0. The predicted octanol–water partition coefficient (Wildman–Crippen LogP) is 1.67. The second-order valence-electron chi connectivity index (χ2n) is 6.08. The molecule has 0 bridgehead atoms. The Balaban J connectivity index is 2.86. The fourth-order valence-corrected chi connectivity index (χ4v) is 4.50. The summed E-state index contributed by atoms with van der Waals surface area (Å²) in [6.07, 6.45) is 3.04. The second-order valence-corrected chi connectivity index (χ2v) is 8.02. The van der Waals surface area contributed by atoms with Crippen LogP contribution < -0.4 is 5.32 Å². The van der Waals surface area contributed by atoms with Gasteiger partial charge in [0.15, 0.2) is 0 Å². The number of nitrogens with one attached hydrogen (secondary N) is 1. The van der Waals surface area contributed by atoms with Crippen LogP contribution in [-0.2, 0) is 10.2 Å². The number of piperidine rings is 1. The van der Waals surface area contributed by atoms with Crippen molar-refractivity contribution >= 4 is 10.2 Å². The van der Waals surface area contributed by atoms with Crippen LogP contribution in [0.25, 0.3) is 0 Å². The van der Waals surface area contributed by atoms with Crippen molar-refractivity contribution in [3.05, 3.63) is 0 Å². The highest BCUT2D eigenvalue weighted by Gasteiger charge is 2.36. The lowest BCUT2D eigenvalue weighted by Crippen LogP contribution is -2.54. The number of likely N-dealkylation sites (N-methyl/N-ethyl adjacent to an activating group) is 1. The minimum Gasteiger partial charge on any atom is -0.315 e. The third kappa shape index (κ3) is 4.16. The molecular weight excluding hydrogens is 274 g/mol. The third-order valence-corrected chi connectivity index (χ3v) is 6.54. The molecule has 1 aliphatic heterocycles. The zero-order valence-electron chi connectivity index (χ0n) is 13.6. The number of nitrogens with zero attached hydrogens (tertiary/aromatic N) is 2. The quantitative estimate of drug-likeness (QED) is 0.778. The number of rotatable bonds is 7. The van der Waals surface area contributed by atoms with Gasteiger partial charge in [0.25, 0.3) is 10.2 Å². The van der Waals surface area contributed by atoms with Gasteiger partial charge >= 0.3 is 0 Å². The van der Waals surface area contributed by atoms with Gasteiger partial charge in [-0.1, -0.05) is 27.2 Å². The molecule has 1 fully saturated rings. The van der Waals surface area contributed by atoms with Gasteiger partial charge in [-0.3, -0.25) is 0 Å². The average Bonchev–Trinajstić information content (AvgIpc) is 2.43. The molecular formula is C14H31N3O2S. The summed E-state index contributed by atoms with van der Waals surface area (Å²) in [7, 11) is -1.65. The standard InChI is InChI=1S/C14H31N3O2S/c1-6-15-11-14-9-7-8-10-17(14)20(18,19)16(5)13(4)12(2)3/h12-15H,6-11H2,1-5H3. The first-order chi connectivity index (χ1) is 9.32. The highest BCUT2D eigenvalue weighted by Crippen LogP contribution is 2.24. The van der Waals surface area contributed by atoms with Crippen LogP contribution in [0.4, 0.5) is 0 Å². The first-order valence-corrected chi connectivity index (χ1v) is 9.17. The van der Waals surface area contributed by atoms with Crippen LogP contribution in [0.15, 0.2) is 0 Å². The van der Waals surface area contributed by atoms with E-state index in [9.17, 15) is 8.42 Å². The Bertz CT molecular complexity index is 384. The predicted molar refractivity (Wildman–Crippen MR) is 83.9 cm³/mol. The fraction of sp³-hybridized carbons (Fsp3) is 1.00. The van der Waals surface area contributed by atoms with Crippen molar-refractivity contribution in [1.82, 2.24) is 13.9 Å². The summed E-state index contributed by atoms with van der Waals surface area (Å²) in [5.41, 5.74) is 0. The Morgan fingerprint density at radius 2 is 1.95 bits per heavy atom. The Morgan fingerprint density at radius 1 is 1.30 bits per heavy atom. The maximum absolute atomic E-state index is 12.8. The molecule has 1 N–H and O–H groups in total. The zero-order valence-corrected chi connectivity index (χ0v) is 14.4. The van der Waals surface area contributed by atoms with Crippen LogP contribution in [0, 0.1) is 5.92 Å². The van der Waals surface area contributed by atoms with E-state index >= 15 is 0 Å². The van der Waals surface area contributed by atoms with Crippen molar-refractivity contribution in [3.63, 3.8) is 0 Å². The van der Waals surface area contributed by atoms with Crippen LogP contribution in [0.1, 0.15) is 47.0 Å². The molecule has 0 aromatic heterocycles. The summed E-state index contributed by atoms with van der Waals surface area (Å²) in [6.45, 7) is 10.4. The van der Waals surface area contributed by atoms with Gasteiger partial charge in [-0.2, -0.15) is 17.0 Å². The van der Waals surface area contributed by atoms with Gasteiger partial charge in [-0.15, -0.1) is 0 Å². The van der Waals surface area contributed by atoms with Crippen LogP contribution in [0.3, 0.4) is 0 Å². The molecule has 1 saturated heterocycles. The summed E-state index contributed by atoms with van der Waals surface area (Å²) in [5, 5.41) is 3.29. The van der Waals surface area contributed by atoms with Gasteiger partial charge in [0.1, 0.15) is 0 Å². The van der Waals surface area contributed by atoms with Gasteiger partial charge in [0, 0.05) is 32.2 Å². The Labute approximate surface area is 124 Å². The number of hydrogen-bond acceptors (Lipinski definition) is 3. The summed E-state index contributed by atoms with van der Waals surface area (Å²) in [6, 6.07) is 0.109. The molecule has 0 aliphatic carbocycles. The molecule has 20 heavy (non-hydrogen) atoms.